The molecular formula is C31H38N6O5. The number of aromatic nitrogens is 2. The van der Waals surface area contributed by atoms with Crippen molar-refractivity contribution in [2.75, 3.05) is 23.7 Å². The van der Waals surface area contributed by atoms with Gasteiger partial charge in [-0.05, 0) is 77.9 Å². The van der Waals surface area contributed by atoms with Crippen LogP contribution in [0.2, 0.25) is 0 Å². The molecule has 3 N–H and O–H groups in total. The third-order valence-corrected chi connectivity index (χ3v) is 6.12. The summed E-state index contributed by atoms with van der Waals surface area (Å²) in [5.41, 5.74) is 6.66. The lowest BCUT2D eigenvalue weighted by atomic mass is 10.1. The Bertz CT molecular complexity index is 1460. The molecule has 2 aromatic carbocycles. The molecule has 0 bridgehead atoms. The van der Waals surface area contributed by atoms with E-state index < -0.39 is 17.3 Å². The highest BCUT2D eigenvalue weighted by atomic mass is 16.6. The minimum Gasteiger partial charge on any atom is -0.488 e. The Balaban J connectivity index is 1.58. The molecule has 222 valence electrons. The van der Waals surface area contributed by atoms with E-state index in [9.17, 15) is 9.59 Å². The fourth-order valence-corrected chi connectivity index (χ4v) is 4.30. The van der Waals surface area contributed by atoms with Crippen LogP contribution >= 0.6 is 0 Å². The van der Waals surface area contributed by atoms with Gasteiger partial charge in [0.15, 0.2) is 5.82 Å². The van der Waals surface area contributed by atoms with Crippen molar-refractivity contribution >= 4 is 35.6 Å². The monoisotopic (exact) mass is 574 g/mol. The zero-order valence-corrected chi connectivity index (χ0v) is 24.9. The van der Waals surface area contributed by atoms with Gasteiger partial charge in [0, 0.05) is 42.2 Å². The Hall–Kier alpha value is -4.67. The largest absolute Gasteiger partial charge is 0.488 e. The molecule has 0 radical (unpaired) electrons. The zero-order chi connectivity index (χ0) is 30.7. The lowest BCUT2D eigenvalue weighted by molar-refractivity contribution is 0.0275. The quantitative estimate of drug-likeness (QED) is 0.262. The van der Waals surface area contributed by atoms with E-state index in [1.165, 1.54) is 4.90 Å². The molecule has 1 fully saturated rings. The smallest absolute Gasteiger partial charge is 0.420 e. The molecule has 1 aliphatic heterocycles. The first-order chi connectivity index (χ1) is 19.7. The zero-order valence-electron chi connectivity index (χ0n) is 24.9. The van der Waals surface area contributed by atoms with Gasteiger partial charge in [-0.3, -0.25) is 0 Å². The molecular weight excluding hydrogens is 536 g/mol. The van der Waals surface area contributed by atoms with Gasteiger partial charge in [0.1, 0.15) is 28.9 Å². The van der Waals surface area contributed by atoms with Crippen molar-refractivity contribution in [1.29, 1.82) is 5.41 Å². The number of carbonyl (C=O) groups excluding carboxylic acids is 2. The Kier molecular flexibility index (Phi) is 8.70. The van der Waals surface area contributed by atoms with Crippen LogP contribution in [0.15, 0.2) is 54.7 Å². The van der Waals surface area contributed by atoms with Crippen molar-refractivity contribution in [2.24, 2.45) is 0 Å². The third kappa shape index (κ3) is 7.74. The fraction of sp³-hybridized carbons (Fsp3) is 0.387. The van der Waals surface area contributed by atoms with Gasteiger partial charge < -0.3 is 30.3 Å². The average molecular weight is 575 g/mol. The van der Waals surface area contributed by atoms with Crippen molar-refractivity contribution in [3.63, 3.8) is 0 Å². The molecule has 0 aliphatic carbocycles. The molecule has 4 rings (SSSR count). The van der Waals surface area contributed by atoms with Gasteiger partial charge in [-0.2, -0.15) is 0 Å². The maximum absolute atomic E-state index is 13.4. The van der Waals surface area contributed by atoms with Crippen molar-refractivity contribution < 1.29 is 23.8 Å². The van der Waals surface area contributed by atoms with Crippen LogP contribution in [0.1, 0.15) is 53.5 Å². The van der Waals surface area contributed by atoms with Gasteiger partial charge in [0.25, 0.3) is 0 Å². The average Bonchev–Trinajstić information content (AvgIpc) is 3.37. The minimum absolute atomic E-state index is 0.184. The third-order valence-electron chi connectivity index (χ3n) is 6.12. The van der Waals surface area contributed by atoms with Crippen LogP contribution in [0.4, 0.5) is 26.8 Å². The molecule has 11 heteroatoms. The standard InChI is InChI=1S/C31H38N6O5/c1-30(2,3)41-28(38)36-15-13-24(19-36)40-23-9-7-8-20(17-23)27-34-14-12-26(35-27)37(29(39)42-31(4,5)6)22-10-11-25(33)21(16-22)18-32/h7-12,14,16-18,24,32H,13,15,19,33H2,1-6H3. The van der Waals surface area contributed by atoms with Crippen LogP contribution in [0, 0.1) is 5.41 Å². The Morgan fingerprint density at radius 2 is 1.79 bits per heavy atom. The number of ether oxygens (including phenoxy) is 3. The highest BCUT2D eigenvalue weighted by Gasteiger charge is 2.31. The predicted octanol–water partition coefficient (Wildman–Crippen LogP) is 6.18. The van der Waals surface area contributed by atoms with Crippen LogP contribution in [-0.2, 0) is 9.47 Å². The summed E-state index contributed by atoms with van der Waals surface area (Å²) in [6.45, 7) is 11.8. The maximum atomic E-state index is 13.4. The summed E-state index contributed by atoms with van der Waals surface area (Å²) >= 11 is 0. The molecule has 0 saturated carbocycles. The van der Waals surface area contributed by atoms with E-state index in [0.717, 1.165) is 6.21 Å². The molecule has 1 aromatic heterocycles. The number of nitrogens with one attached hydrogen (secondary N) is 1. The second-order valence-corrected chi connectivity index (χ2v) is 12.0. The van der Waals surface area contributed by atoms with E-state index in [-0.39, 0.29) is 18.0 Å². The van der Waals surface area contributed by atoms with Crippen molar-refractivity contribution in [3.8, 4) is 17.1 Å². The Morgan fingerprint density at radius 3 is 2.48 bits per heavy atom. The van der Waals surface area contributed by atoms with Crippen LogP contribution in [0.3, 0.4) is 0 Å². The number of nitrogens with zero attached hydrogens (tertiary/aromatic N) is 4. The Morgan fingerprint density at radius 1 is 1.05 bits per heavy atom. The topological polar surface area (TPSA) is 144 Å². The van der Waals surface area contributed by atoms with Crippen LogP contribution in [0.5, 0.6) is 5.75 Å². The molecule has 42 heavy (non-hydrogen) atoms. The number of anilines is 3. The number of carbonyl (C=O) groups is 2. The first-order valence-electron chi connectivity index (χ1n) is 13.7. The van der Waals surface area contributed by atoms with Crippen molar-refractivity contribution in [3.05, 3.63) is 60.3 Å². The summed E-state index contributed by atoms with van der Waals surface area (Å²) in [6, 6.07) is 13.9. The van der Waals surface area contributed by atoms with Crippen LogP contribution in [0.25, 0.3) is 11.4 Å². The highest BCUT2D eigenvalue weighted by Crippen LogP contribution is 2.31. The lowest BCUT2D eigenvalue weighted by Crippen LogP contribution is -2.36. The molecule has 0 spiro atoms. The van der Waals surface area contributed by atoms with Gasteiger partial charge in [0.05, 0.1) is 12.2 Å². The summed E-state index contributed by atoms with van der Waals surface area (Å²) in [5, 5.41) is 7.69. The SMILES string of the molecule is CC(C)(C)OC(=O)N1CCC(Oc2cccc(-c3nccc(N(C(=O)OC(C)(C)C)c4ccc(N)c(C=N)c4)n3)c2)C1. The van der Waals surface area contributed by atoms with Gasteiger partial charge in [-0.25, -0.2) is 24.5 Å². The number of nitrogen functional groups attached to an aromatic ring is 1. The second-order valence-electron chi connectivity index (χ2n) is 12.0. The summed E-state index contributed by atoms with van der Waals surface area (Å²) in [6.07, 6.45) is 2.19. The second kappa shape index (κ2) is 12.1. The molecule has 1 saturated heterocycles. The van der Waals surface area contributed by atoms with Crippen molar-refractivity contribution in [2.45, 2.75) is 65.3 Å². The molecule has 1 atom stereocenters. The first kappa shape index (κ1) is 30.3. The Labute approximate surface area is 246 Å². The minimum atomic E-state index is -0.756. The normalized spacial score (nSPS) is 15.2. The number of amides is 2. The molecule has 2 amide bonds. The maximum Gasteiger partial charge on any atom is 0.420 e. The van der Waals surface area contributed by atoms with E-state index >= 15 is 0 Å². The summed E-state index contributed by atoms with van der Waals surface area (Å²) < 4.78 is 17.4. The highest BCUT2D eigenvalue weighted by molar-refractivity contribution is 5.97. The van der Waals surface area contributed by atoms with E-state index in [1.807, 2.05) is 45.0 Å². The van der Waals surface area contributed by atoms with Gasteiger partial charge >= 0.3 is 12.2 Å². The van der Waals surface area contributed by atoms with Gasteiger partial charge in [-0.15, -0.1) is 0 Å². The number of rotatable bonds is 6. The van der Waals surface area contributed by atoms with E-state index in [0.29, 0.717) is 53.6 Å². The van der Waals surface area contributed by atoms with Crippen LogP contribution < -0.4 is 15.4 Å². The number of hydrogen-bond donors (Lipinski definition) is 2. The molecule has 3 aromatic rings. The lowest BCUT2D eigenvalue weighted by Gasteiger charge is -2.27. The fourth-order valence-electron chi connectivity index (χ4n) is 4.30. The predicted molar refractivity (Wildman–Crippen MR) is 161 cm³/mol. The van der Waals surface area contributed by atoms with E-state index in [4.69, 9.17) is 30.3 Å². The number of hydrogen-bond acceptors (Lipinski definition) is 9. The molecule has 2 heterocycles. The summed E-state index contributed by atoms with van der Waals surface area (Å²) in [7, 11) is 0. The van der Waals surface area contributed by atoms with E-state index in [2.05, 4.69) is 4.98 Å². The first-order valence-corrected chi connectivity index (χ1v) is 13.7. The molecule has 11 nitrogen and oxygen atoms in total. The van der Waals surface area contributed by atoms with Gasteiger partial charge in [-0.1, -0.05) is 12.1 Å². The summed E-state index contributed by atoms with van der Waals surface area (Å²) in [4.78, 5) is 37.9. The van der Waals surface area contributed by atoms with Crippen molar-refractivity contribution in [1.82, 2.24) is 14.9 Å². The molecule has 1 unspecified atom stereocenters. The van der Waals surface area contributed by atoms with Crippen LogP contribution in [-0.4, -0.2) is 63.7 Å². The number of benzene rings is 2. The van der Waals surface area contributed by atoms with E-state index in [1.54, 1.807) is 56.1 Å². The van der Waals surface area contributed by atoms with Gasteiger partial charge in [0.2, 0.25) is 0 Å². The summed E-state index contributed by atoms with van der Waals surface area (Å²) in [5.74, 6) is 1.26. The molecule has 1 aliphatic rings. The number of nitrogens with two attached hydrogens (primary N) is 1. The number of likely N-dealkylation sites (tertiary alicyclic amines) is 1.